The minimum absolute atomic E-state index is 0.0112. The smallest absolute Gasteiger partial charge is 0.246 e. The van der Waals surface area contributed by atoms with Crippen LogP contribution in [0, 0.1) is 10.8 Å². The maximum absolute atomic E-state index is 15.1. The van der Waals surface area contributed by atoms with Crippen LogP contribution in [0.5, 0.6) is 0 Å². The molecule has 9 atom stereocenters. The first-order valence-corrected chi connectivity index (χ1v) is 25.5. The molecule has 1 fully saturated rings. The average molecular weight is 990 g/mol. The van der Waals surface area contributed by atoms with Crippen LogP contribution in [-0.4, -0.2) is 133 Å². The van der Waals surface area contributed by atoms with Crippen molar-refractivity contribution in [2.45, 2.75) is 155 Å². The van der Waals surface area contributed by atoms with Gasteiger partial charge in [0.25, 0.3) is 0 Å². The van der Waals surface area contributed by atoms with Gasteiger partial charge < -0.3 is 46.6 Å². The molecule has 0 bridgehead atoms. The molecule has 1 aliphatic carbocycles. The van der Waals surface area contributed by atoms with Crippen molar-refractivity contribution in [1.82, 2.24) is 46.6 Å². The number of fused-ring (bicyclic) bond motifs is 2. The maximum atomic E-state index is 15.1. The molecular formula is C56H79N9O7. The Morgan fingerprint density at radius 3 is 1.85 bits per heavy atom. The minimum Gasteiger partial charge on any atom is -0.347 e. The lowest BCUT2D eigenvalue weighted by molar-refractivity contribution is -0.148. The Morgan fingerprint density at radius 1 is 0.681 bits per heavy atom. The van der Waals surface area contributed by atoms with E-state index in [2.05, 4.69) is 44.0 Å². The molecule has 6 rings (SSSR count). The van der Waals surface area contributed by atoms with E-state index < -0.39 is 64.9 Å². The predicted molar refractivity (Wildman–Crippen MR) is 278 cm³/mol. The second-order valence-electron chi connectivity index (χ2n) is 22.4. The number of aryl methyl sites for hydroxylation is 1. The van der Waals surface area contributed by atoms with E-state index in [1.165, 1.54) is 15.4 Å². The molecule has 72 heavy (non-hydrogen) atoms. The van der Waals surface area contributed by atoms with Crippen LogP contribution in [0.15, 0.2) is 72.8 Å². The van der Waals surface area contributed by atoms with E-state index in [9.17, 15) is 28.8 Å². The number of likely N-dealkylation sites (N-methyl/N-ethyl adjacent to an activating group) is 3. The summed E-state index contributed by atoms with van der Waals surface area (Å²) in [5, 5.41) is 18.2. The monoisotopic (exact) mass is 990 g/mol. The second kappa shape index (κ2) is 23.2. The quantitative estimate of drug-likeness (QED) is 0.123. The topological polar surface area (TPSA) is 201 Å². The normalized spacial score (nSPS) is 20.9. The number of hydrogen-bond acceptors (Lipinski definition) is 9. The van der Waals surface area contributed by atoms with Crippen molar-refractivity contribution in [2.24, 2.45) is 10.8 Å². The summed E-state index contributed by atoms with van der Waals surface area (Å²) in [6.45, 7) is 14.9. The van der Waals surface area contributed by atoms with Crippen molar-refractivity contribution < 1.29 is 33.6 Å². The van der Waals surface area contributed by atoms with Crippen molar-refractivity contribution in [3.63, 3.8) is 0 Å². The van der Waals surface area contributed by atoms with Gasteiger partial charge in [0.1, 0.15) is 30.2 Å². The lowest BCUT2D eigenvalue weighted by atomic mass is 9.83. The van der Waals surface area contributed by atoms with Gasteiger partial charge in [0.05, 0.1) is 18.1 Å². The molecule has 2 aliphatic heterocycles. The van der Waals surface area contributed by atoms with E-state index in [4.69, 9.17) is 0 Å². The van der Waals surface area contributed by atoms with Crippen LogP contribution >= 0.6 is 0 Å². The molecule has 390 valence electrons. The Balaban J connectivity index is 1.37. The Bertz CT molecular complexity index is 2470. The van der Waals surface area contributed by atoms with Crippen molar-refractivity contribution in [3.8, 4) is 0 Å². The van der Waals surface area contributed by atoms with Gasteiger partial charge in [-0.1, -0.05) is 114 Å². The molecule has 7 amide bonds. The number of carbonyl (C=O) groups is 7. The summed E-state index contributed by atoms with van der Waals surface area (Å²) in [5.41, 5.74) is 4.10. The van der Waals surface area contributed by atoms with E-state index in [0.717, 1.165) is 47.1 Å². The zero-order chi connectivity index (χ0) is 52.8. The van der Waals surface area contributed by atoms with Crippen LogP contribution in [0.4, 0.5) is 0 Å². The van der Waals surface area contributed by atoms with Gasteiger partial charge in [-0.05, 0) is 97.8 Å². The van der Waals surface area contributed by atoms with E-state index in [-0.39, 0.29) is 67.4 Å². The van der Waals surface area contributed by atoms with Gasteiger partial charge in [-0.15, -0.1) is 0 Å². The summed E-state index contributed by atoms with van der Waals surface area (Å²) >= 11 is 0. The fourth-order valence-electron chi connectivity index (χ4n) is 10.1. The number of carbonyl (C=O) groups excluding carboxylic acids is 7. The fourth-order valence-corrected chi connectivity index (χ4v) is 10.1. The predicted octanol–water partition coefficient (Wildman–Crippen LogP) is 3.91. The van der Waals surface area contributed by atoms with Crippen LogP contribution in [0.1, 0.15) is 120 Å². The molecule has 1 saturated heterocycles. The maximum Gasteiger partial charge on any atom is 0.246 e. The summed E-state index contributed by atoms with van der Waals surface area (Å²) in [7, 11) is 6.61. The third-order valence-electron chi connectivity index (χ3n) is 14.8. The molecule has 0 saturated carbocycles. The molecule has 16 nitrogen and oxygen atoms in total. The Kier molecular flexibility index (Phi) is 17.8. The first-order valence-electron chi connectivity index (χ1n) is 25.5. The van der Waals surface area contributed by atoms with Crippen LogP contribution in [0.25, 0.3) is 0 Å². The van der Waals surface area contributed by atoms with Gasteiger partial charge in [0, 0.05) is 45.9 Å². The van der Waals surface area contributed by atoms with Gasteiger partial charge in [-0.25, -0.2) is 0 Å². The average Bonchev–Trinajstić information content (AvgIpc) is 3.81. The van der Waals surface area contributed by atoms with E-state index >= 15 is 4.79 Å². The van der Waals surface area contributed by atoms with Crippen molar-refractivity contribution in [1.29, 1.82) is 0 Å². The van der Waals surface area contributed by atoms with Gasteiger partial charge in [-0.3, -0.25) is 33.6 Å². The lowest BCUT2D eigenvalue weighted by Gasteiger charge is -2.41. The lowest BCUT2D eigenvalue weighted by Crippen LogP contribution is -2.63. The SMILES string of the molecule is CN[C@@H](C)C(=O)N[C@H](C(=O)N1Cc2cc([C@H]3C[C@@H](C(=O)N[C@@H]4CCCc5ccccc54)N(C(=O)[C@@H](NC(=O)[C@H](C)NC)C(C)(C)C)C3)ccc2C[C@H]1C(=O)N[C@@H](Cc1ccccc1)C(=O)N(C)C)C(C)(C)C. The van der Waals surface area contributed by atoms with Gasteiger partial charge in [0.2, 0.25) is 41.4 Å². The molecule has 6 N–H and O–H groups in total. The highest BCUT2D eigenvalue weighted by molar-refractivity contribution is 5.96. The van der Waals surface area contributed by atoms with Gasteiger partial charge >= 0.3 is 0 Å². The minimum atomic E-state index is -1.04. The summed E-state index contributed by atoms with van der Waals surface area (Å²) in [6, 6.07) is 17.3. The summed E-state index contributed by atoms with van der Waals surface area (Å²) in [4.78, 5) is 105. The molecule has 3 aromatic carbocycles. The van der Waals surface area contributed by atoms with E-state index in [1.807, 2.05) is 102 Å². The second-order valence-corrected chi connectivity index (χ2v) is 22.4. The van der Waals surface area contributed by atoms with Crippen LogP contribution in [0.3, 0.4) is 0 Å². The van der Waals surface area contributed by atoms with E-state index in [1.54, 1.807) is 46.9 Å². The molecule has 0 spiro atoms. The third kappa shape index (κ3) is 12.9. The first-order chi connectivity index (χ1) is 33.9. The summed E-state index contributed by atoms with van der Waals surface area (Å²) in [6.07, 6.45) is 3.27. The molecule has 0 radical (unpaired) electrons. The number of likely N-dealkylation sites (tertiary alicyclic amines) is 1. The third-order valence-corrected chi connectivity index (χ3v) is 14.8. The molecule has 0 aromatic heterocycles. The Hall–Kier alpha value is -6.13. The van der Waals surface area contributed by atoms with Crippen LogP contribution in [0.2, 0.25) is 0 Å². The standard InChI is InChI=1S/C56H79N9O7/c1-33(57-9)48(66)61-46(55(3,4)5)53(71)64-31-39-28-37(25-26-38(39)29-44(64)51(69)60-43(52(70)63(11)12)27-35-19-14-13-15-20-35)40-30-45(50(68)59-42-24-18-22-36-21-16-17-23-41(36)42)65(32-40)54(72)47(56(6,7)8)62-49(67)34(2)58-10/h13-17,19-21,23,25-26,28,33-34,40,42-47,57-58H,18,22,24,27,29-32H2,1-12H3,(H,59,68)(H,60,69)(H,61,66)(H,62,67)/t33-,34-,40-,42+,43-,44-,45-,46+,47+/m0/s1. The van der Waals surface area contributed by atoms with Crippen LogP contribution < -0.4 is 31.9 Å². The highest BCUT2D eigenvalue weighted by Gasteiger charge is 2.47. The van der Waals surface area contributed by atoms with Gasteiger partial charge in [-0.2, -0.15) is 0 Å². The number of amides is 7. The van der Waals surface area contributed by atoms with Crippen molar-refractivity contribution >= 4 is 41.4 Å². The van der Waals surface area contributed by atoms with Crippen molar-refractivity contribution in [3.05, 3.63) is 106 Å². The van der Waals surface area contributed by atoms with E-state index in [0.29, 0.717) is 6.42 Å². The Labute approximate surface area is 426 Å². The van der Waals surface area contributed by atoms with Crippen LogP contribution in [-0.2, 0) is 59.4 Å². The zero-order valence-corrected chi connectivity index (χ0v) is 44.5. The first kappa shape index (κ1) is 55.2. The highest BCUT2D eigenvalue weighted by atomic mass is 16.2. The number of hydrogen-bond donors (Lipinski definition) is 6. The number of nitrogens with one attached hydrogen (secondary N) is 6. The molecule has 16 heteroatoms. The molecule has 2 heterocycles. The largest absolute Gasteiger partial charge is 0.347 e. The van der Waals surface area contributed by atoms with Crippen molar-refractivity contribution in [2.75, 3.05) is 34.7 Å². The molecular weight excluding hydrogens is 911 g/mol. The van der Waals surface area contributed by atoms with Gasteiger partial charge in [0.15, 0.2) is 0 Å². The fraction of sp³-hybridized carbons (Fsp3) is 0.554. The molecule has 3 aliphatic rings. The number of benzene rings is 3. The zero-order valence-electron chi connectivity index (χ0n) is 44.5. The molecule has 3 aromatic rings. The number of rotatable bonds is 16. The molecule has 0 unspecified atom stereocenters. The summed E-state index contributed by atoms with van der Waals surface area (Å²) in [5.74, 6) is -2.88. The number of nitrogens with zero attached hydrogens (tertiary/aromatic N) is 3. The Morgan fingerprint density at radius 2 is 1.26 bits per heavy atom. The highest BCUT2D eigenvalue weighted by Crippen LogP contribution is 2.38. The summed E-state index contributed by atoms with van der Waals surface area (Å²) < 4.78 is 0.